The average molecular weight is 457 g/mol. The van der Waals surface area contributed by atoms with Crippen LogP contribution in [0.3, 0.4) is 0 Å². The van der Waals surface area contributed by atoms with Crippen molar-refractivity contribution in [1.82, 2.24) is 14.8 Å². The van der Waals surface area contributed by atoms with Crippen molar-refractivity contribution in [1.29, 1.82) is 0 Å². The zero-order chi connectivity index (χ0) is 15.4. The summed E-state index contributed by atoms with van der Waals surface area (Å²) in [5, 5.41) is 17.7. The predicted molar refractivity (Wildman–Crippen MR) is 89.0 cm³/mol. The van der Waals surface area contributed by atoms with E-state index in [4.69, 9.17) is 9.84 Å². The highest BCUT2D eigenvalue weighted by Crippen LogP contribution is 2.38. The number of halogens is 2. The first-order chi connectivity index (χ1) is 10.0. The van der Waals surface area contributed by atoms with Crippen LogP contribution in [0.2, 0.25) is 0 Å². The number of carboxylic acids is 1. The van der Waals surface area contributed by atoms with E-state index in [0.717, 1.165) is 24.9 Å². The maximum atomic E-state index is 10.7. The third-order valence-corrected chi connectivity index (χ3v) is 5.75. The number of thioether (sulfide) groups is 1. The second-order valence-corrected chi connectivity index (χ2v) is 8.56. The molecule has 6 nitrogen and oxygen atoms in total. The maximum Gasteiger partial charge on any atom is 0.313 e. The van der Waals surface area contributed by atoms with Crippen molar-refractivity contribution < 1.29 is 14.6 Å². The van der Waals surface area contributed by atoms with Crippen LogP contribution in [0.25, 0.3) is 11.4 Å². The molecule has 2 heterocycles. The Hall–Kier alpha value is -0.420. The van der Waals surface area contributed by atoms with E-state index in [1.165, 1.54) is 0 Å². The van der Waals surface area contributed by atoms with Crippen LogP contribution in [0.5, 0.6) is 0 Å². The van der Waals surface area contributed by atoms with Gasteiger partial charge in [0.1, 0.15) is 0 Å². The Labute approximate surface area is 146 Å². The molecule has 0 spiro atoms. The maximum absolute atomic E-state index is 10.7. The van der Waals surface area contributed by atoms with Crippen molar-refractivity contribution in [3.05, 3.63) is 13.6 Å². The molecular weight excluding hydrogens is 446 g/mol. The van der Waals surface area contributed by atoms with Crippen LogP contribution in [0.4, 0.5) is 0 Å². The van der Waals surface area contributed by atoms with Crippen LogP contribution in [0.15, 0.2) is 18.8 Å². The molecular formula is C11H11Br2N3O3S2. The molecule has 0 unspecified atom stereocenters. The van der Waals surface area contributed by atoms with Crippen molar-refractivity contribution in [3.63, 3.8) is 0 Å². The number of rotatable bonds is 7. The van der Waals surface area contributed by atoms with E-state index in [9.17, 15) is 4.79 Å². The smallest absolute Gasteiger partial charge is 0.313 e. The standard InChI is InChI=1S/C11H11Br2N3O3S2/c1-19-3-2-16-10(6-4-7(12)21-9(6)13)14-15-11(16)20-5-8(17)18/h4H,2-3,5H2,1H3,(H,17,18). The Morgan fingerprint density at radius 2 is 2.29 bits per heavy atom. The summed E-state index contributed by atoms with van der Waals surface area (Å²) < 4.78 is 8.89. The summed E-state index contributed by atoms with van der Waals surface area (Å²) in [6, 6.07) is 1.95. The van der Waals surface area contributed by atoms with Gasteiger partial charge >= 0.3 is 5.97 Å². The number of thiophene rings is 1. The van der Waals surface area contributed by atoms with E-state index in [1.54, 1.807) is 18.4 Å². The van der Waals surface area contributed by atoms with Crippen molar-refractivity contribution in [2.45, 2.75) is 11.7 Å². The van der Waals surface area contributed by atoms with E-state index < -0.39 is 5.97 Å². The second kappa shape index (κ2) is 7.73. The molecule has 0 aromatic carbocycles. The molecule has 21 heavy (non-hydrogen) atoms. The van der Waals surface area contributed by atoms with Gasteiger partial charge in [0.25, 0.3) is 0 Å². The minimum Gasteiger partial charge on any atom is -0.481 e. The van der Waals surface area contributed by atoms with Gasteiger partial charge in [-0.1, -0.05) is 11.8 Å². The Morgan fingerprint density at radius 3 is 2.86 bits per heavy atom. The first-order valence-electron chi connectivity index (χ1n) is 5.75. The molecule has 0 aliphatic rings. The monoisotopic (exact) mass is 455 g/mol. The molecule has 0 fully saturated rings. The minimum absolute atomic E-state index is 0.0559. The molecule has 0 radical (unpaired) electrons. The highest BCUT2D eigenvalue weighted by molar-refractivity contribution is 9.12. The van der Waals surface area contributed by atoms with Crippen LogP contribution < -0.4 is 0 Å². The molecule has 1 N–H and O–H groups in total. The summed E-state index contributed by atoms with van der Waals surface area (Å²) >= 11 is 9.63. The quantitative estimate of drug-likeness (QED) is 0.643. The summed E-state index contributed by atoms with van der Waals surface area (Å²) in [7, 11) is 1.62. The highest BCUT2D eigenvalue weighted by atomic mass is 79.9. The third-order valence-electron chi connectivity index (χ3n) is 2.46. The first kappa shape index (κ1) is 16.9. The van der Waals surface area contributed by atoms with Gasteiger partial charge in [-0.05, 0) is 37.9 Å². The van der Waals surface area contributed by atoms with E-state index >= 15 is 0 Å². The summed E-state index contributed by atoms with van der Waals surface area (Å²) in [5.41, 5.74) is 0.914. The van der Waals surface area contributed by atoms with Crippen LogP contribution in [0.1, 0.15) is 0 Å². The number of hydrogen-bond acceptors (Lipinski definition) is 6. The third kappa shape index (κ3) is 4.28. The molecule has 2 rings (SSSR count). The highest BCUT2D eigenvalue weighted by Gasteiger charge is 2.19. The van der Waals surface area contributed by atoms with Gasteiger partial charge in [0, 0.05) is 12.7 Å². The van der Waals surface area contributed by atoms with Crippen LogP contribution in [-0.4, -0.2) is 45.3 Å². The zero-order valence-electron chi connectivity index (χ0n) is 10.9. The van der Waals surface area contributed by atoms with Gasteiger partial charge in [-0.25, -0.2) is 0 Å². The SMILES string of the molecule is COCCn1c(SCC(=O)O)nnc1-c1cc(Br)sc1Br. The predicted octanol–water partition coefficient (Wildman–Crippen LogP) is 3.35. The number of carbonyl (C=O) groups is 1. The number of ether oxygens (including phenoxy) is 1. The van der Waals surface area contributed by atoms with Gasteiger partial charge in [0.2, 0.25) is 0 Å². The van der Waals surface area contributed by atoms with Crippen LogP contribution in [0, 0.1) is 0 Å². The number of nitrogens with zero attached hydrogens (tertiary/aromatic N) is 3. The van der Waals surface area contributed by atoms with Crippen molar-refractivity contribution >= 4 is 60.9 Å². The number of methoxy groups -OCH3 is 1. The second-order valence-electron chi connectivity index (χ2n) is 3.87. The minimum atomic E-state index is -0.887. The van der Waals surface area contributed by atoms with Crippen molar-refractivity contribution in [3.8, 4) is 11.4 Å². The number of hydrogen-bond donors (Lipinski definition) is 1. The topological polar surface area (TPSA) is 77.2 Å². The molecule has 0 atom stereocenters. The largest absolute Gasteiger partial charge is 0.481 e. The fourth-order valence-corrected chi connectivity index (χ4v) is 5.07. The van der Waals surface area contributed by atoms with Gasteiger partial charge in [-0.15, -0.1) is 21.5 Å². The van der Waals surface area contributed by atoms with Gasteiger partial charge < -0.3 is 9.84 Å². The van der Waals surface area contributed by atoms with Crippen molar-refractivity contribution in [2.75, 3.05) is 19.5 Å². The van der Waals surface area contributed by atoms with Gasteiger partial charge in [-0.2, -0.15) is 0 Å². The van der Waals surface area contributed by atoms with Gasteiger partial charge in [0.15, 0.2) is 11.0 Å². The molecule has 0 amide bonds. The summed E-state index contributed by atoms with van der Waals surface area (Å²) in [5.74, 6) is -0.254. The molecule has 10 heteroatoms. The summed E-state index contributed by atoms with van der Waals surface area (Å²) in [6.07, 6.45) is 0. The first-order valence-corrected chi connectivity index (χ1v) is 9.13. The molecule has 0 bridgehead atoms. The number of carboxylic acid groups (broad SMARTS) is 1. The summed E-state index contributed by atoms with van der Waals surface area (Å²) in [4.78, 5) is 10.7. The van der Waals surface area contributed by atoms with Gasteiger partial charge in [0.05, 0.1) is 26.5 Å². The lowest BCUT2D eigenvalue weighted by atomic mass is 10.3. The van der Waals surface area contributed by atoms with E-state index in [-0.39, 0.29) is 5.75 Å². The zero-order valence-corrected chi connectivity index (χ0v) is 15.7. The van der Waals surface area contributed by atoms with E-state index in [1.807, 2.05) is 10.6 Å². The lowest BCUT2D eigenvalue weighted by molar-refractivity contribution is -0.133. The molecule has 114 valence electrons. The molecule has 2 aromatic rings. The lowest BCUT2D eigenvalue weighted by Gasteiger charge is -2.08. The van der Waals surface area contributed by atoms with E-state index in [0.29, 0.717) is 24.1 Å². The van der Waals surface area contributed by atoms with Crippen molar-refractivity contribution in [2.24, 2.45) is 0 Å². The molecule has 2 aromatic heterocycles. The fraction of sp³-hybridized carbons (Fsp3) is 0.364. The number of aliphatic carboxylic acids is 1. The lowest BCUT2D eigenvalue weighted by Crippen LogP contribution is -2.08. The Kier molecular flexibility index (Phi) is 6.23. The molecule has 0 aliphatic carbocycles. The fourth-order valence-electron chi connectivity index (χ4n) is 1.60. The Balaban J connectivity index is 2.36. The number of aromatic nitrogens is 3. The normalized spacial score (nSPS) is 11.0. The average Bonchev–Trinajstić information content (AvgIpc) is 2.96. The molecule has 0 saturated carbocycles. The van der Waals surface area contributed by atoms with Crippen LogP contribution >= 0.6 is 55.0 Å². The summed E-state index contributed by atoms with van der Waals surface area (Å²) in [6.45, 7) is 1.05. The Bertz CT molecular complexity index is 645. The molecule has 0 aliphatic heterocycles. The van der Waals surface area contributed by atoms with Crippen LogP contribution in [-0.2, 0) is 16.1 Å². The van der Waals surface area contributed by atoms with E-state index in [2.05, 4.69) is 42.1 Å². The van der Waals surface area contributed by atoms with Gasteiger partial charge in [-0.3, -0.25) is 9.36 Å². The Morgan fingerprint density at radius 1 is 1.52 bits per heavy atom. The molecule has 0 saturated heterocycles.